The van der Waals surface area contributed by atoms with Gasteiger partial charge in [-0.05, 0) is 49.0 Å². The summed E-state index contributed by atoms with van der Waals surface area (Å²) in [4.78, 5) is 12.9. The van der Waals surface area contributed by atoms with Gasteiger partial charge in [-0.15, -0.1) is 0 Å². The minimum absolute atomic E-state index is 0.256. The fourth-order valence-corrected chi connectivity index (χ4v) is 3.23. The fourth-order valence-electron chi connectivity index (χ4n) is 2.65. The molecule has 2 aromatic carbocycles. The van der Waals surface area contributed by atoms with Crippen LogP contribution >= 0.6 is 35.4 Å². The highest BCUT2D eigenvalue weighted by atomic mass is 35.5. The van der Waals surface area contributed by atoms with Crippen LogP contribution in [0.25, 0.3) is 0 Å². The Morgan fingerprint density at radius 2 is 1.80 bits per heavy atom. The summed E-state index contributed by atoms with van der Waals surface area (Å²) in [5.74, 6) is -0.256. The quantitative estimate of drug-likeness (QED) is 0.677. The van der Waals surface area contributed by atoms with Crippen LogP contribution in [0.2, 0.25) is 10.0 Å². The Morgan fingerprint density at radius 1 is 1.12 bits per heavy atom. The van der Waals surface area contributed by atoms with Crippen molar-refractivity contribution in [3.8, 4) is 0 Å². The van der Waals surface area contributed by atoms with Crippen molar-refractivity contribution in [2.75, 3.05) is 5.32 Å². The van der Waals surface area contributed by atoms with Crippen LogP contribution in [0.5, 0.6) is 0 Å². The number of para-hydroxylation sites is 1. The van der Waals surface area contributed by atoms with E-state index in [1.54, 1.807) is 30.3 Å². The Hall–Kier alpha value is -2.08. The average molecular weight is 392 g/mol. The number of carbonyl (C=O) groups is 1. The lowest BCUT2D eigenvalue weighted by Crippen LogP contribution is -2.45. The Morgan fingerprint density at radius 3 is 2.48 bits per heavy atom. The van der Waals surface area contributed by atoms with E-state index in [9.17, 15) is 4.79 Å². The molecule has 1 heterocycles. The highest BCUT2D eigenvalue weighted by Crippen LogP contribution is 2.29. The van der Waals surface area contributed by atoms with E-state index in [1.807, 2.05) is 25.1 Å². The number of benzene rings is 2. The molecule has 128 valence electrons. The average Bonchev–Trinajstić information content (AvgIpc) is 2.57. The summed E-state index contributed by atoms with van der Waals surface area (Å²) in [5, 5.41) is 10.6. The van der Waals surface area contributed by atoms with Crippen LogP contribution in [0.4, 0.5) is 5.69 Å². The molecule has 1 aliphatic rings. The third-order valence-electron chi connectivity index (χ3n) is 3.84. The molecule has 3 rings (SSSR count). The molecule has 3 N–H and O–H groups in total. The molecule has 1 amide bonds. The lowest BCUT2D eigenvalue weighted by Gasteiger charge is -2.30. The van der Waals surface area contributed by atoms with Crippen LogP contribution in [-0.2, 0) is 4.79 Å². The molecule has 0 fully saturated rings. The summed E-state index contributed by atoms with van der Waals surface area (Å²) < 4.78 is 0. The number of anilines is 1. The van der Waals surface area contributed by atoms with Crippen LogP contribution < -0.4 is 16.0 Å². The second-order valence-electron chi connectivity index (χ2n) is 5.56. The molecule has 1 atom stereocenters. The molecule has 2 aromatic rings. The van der Waals surface area contributed by atoms with Gasteiger partial charge in [0.15, 0.2) is 5.11 Å². The van der Waals surface area contributed by atoms with Crippen molar-refractivity contribution in [3.63, 3.8) is 0 Å². The third kappa shape index (κ3) is 3.95. The van der Waals surface area contributed by atoms with Crippen LogP contribution in [-0.4, -0.2) is 11.0 Å². The Balaban J connectivity index is 1.96. The SMILES string of the molecule is CC1=C(C(=O)Nc2ccccc2Cl)[C@@H](c2ccc(Cl)cc2)NC(=S)N1. The van der Waals surface area contributed by atoms with Gasteiger partial charge in [-0.25, -0.2) is 0 Å². The van der Waals surface area contributed by atoms with Gasteiger partial charge in [0.2, 0.25) is 0 Å². The summed E-state index contributed by atoms with van der Waals surface area (Å²) >= 11 is 17.3. The van der Waals surface area contributed by atoms with E-state index in [0.29, 0.717) is 32.1 Å². The lowest BCUT2D eigenvalue weighted by molar-refractivity contribution is -0.113. The minimum Gasteiger partial charge on any atom is -0.351 e. The molecule has 0 saturated carbocycles. The van der Waals surface area contributed by atoms with E-state index < -0.39 is 0 Å². The number of nitrogens with one attached hydrogen (secondary N) is 3. The van der Waals surface area contributed by atoms with Gasteiger partial charge < -0.3 is 16.0 Å². The summed E-state index contributed by atoms with van der Waals surface area (Å²) in [5.41, 5.74) is 2.67. The highest BCUT2D eigenvalue weighted by molar-refractivity contribution is 7.80. The third-order valence-corrected chi connectivity index (χ3v) is 4.64. The first-order valence-corrected chi connectivity index (χ1v) is 8.72. The Bertz CT molecular complexity index is 865. The van der Waals surface area contributed by atoms with Gasteiger partial charge in [0.05, 0.1) is 22.3 Å². The predicted octanol–water partition coefficient (Wildman–Crippen LogP) is 4.42. The lowest BCUT2D eigenvalue weighted by atomic mass is 9.95. The molecule has 0 saturated heterocycles. The molecule has 0 bridgehead atoms. The van der Waals surface area contributed by atoms with Gasteiger partial charge >= 0.3 is 0 Å². The topological polar surface area (TPSA) is 53.2 Å². The number of hydrogen-bond acceptors (Lipinski definition) is 2. The monoisotopic (exact) mass is 391 g/mol. The number of rotatable bonds is 3. The van der Waals surface area contributed by atoms with E-state index >= 15 is 0 Å². The van der Waals surface area contributed by atoms with E-state index in [0.717, 1.165) is 5.56 Å². The number of amides is 1. The first-order chi connectivity index (χ1) is 12.0. The first-order valence-electron chi connectivity index (χ1n) is 7.55. The molecule has 1 aliphatic heterocycles. The molecule has 0 radical (unpaired) electrons. The summed E-state index contributed by atoms with van der Waals surface area (Å²) in [6.07, 6.45) is 0. The zero-order chi connectivity index (χ0) is 18.0. The molecule has 0 unspecified atom stereocenters. The Labute approximate surface area is 161 Å². The van der Waals surface area contributed by atoms with Crippen molar-refractivity contribution in [1.82, 2.24) is 10.6 Å². The first kappa shape index (κ1) is 17.7. The van der Waals surface area contributed by atoms with E-state index in [4.69, 9.17) is 35.4 Å². The maximum Gasteiger partial charge on any atom is 0.255 e. The van der Waals surface area contributed by atoms with Gasteiger partial charge in [0, 0.05) is 10.7 Å². The fraction of sp³-hybridized carbons (Fsp3) is 0.111. The van der Waals surface area contributed by atoms with Crippen molar-refractivity contribution in [3.05, 3.63) is 75.4 Å². The van der Waals surface area contributed by atoms with Gasteiger partial charge in [-0.1, -0.05) is 47.5 Å². The minimum atomic E-state index is -0.381. The number of halogens is 2. The molecule has 0 spiro atoms. The number of hydrogen-bond donors (Lipinski definition) is 3. The second kappa shape index (κ2) is 7.44. The van der Waals surface area contributed by atoms with Crippen molar-refractivity contribution in [2.45, 2.75) is 13.0 Å². The van der Waals surface area contributed by atoms with E-state index in [-0.39, 0.29) is 11.9 Å². The number of allylic oxidation sites excluding steroid dienone is 1. The van der Waals surface area contributed by atoms with Gasteiger partial charge in [0.1, 0.15) is 0 Å². The van der Waals surface area contributed by atoms with Gasteiger partial charge in [-0.3, -0.25) is 4.79 Å². The maximum atomic E-state index is 12.9. The maximum absolute atomic E-state index is 12.9. The Kier molecular flexibility index (Phi) is 5.27. The number of thiocarbonyl (C=S) groups is 1. The summed E-state index contributed by atoms with van der Waals surface area (Å²) in [6, 6.07) is 14.0. The second-order valence-corrected chi connectivity index (χ2v) is 6.81. The molecular formula is C18H15Cl2N3OS. The summed E-state index contributed by atoms with van der Waals surface area (Å²) in [7, 11) is 0. The van der Waals surface area contributed by atoms with E-state index in [1.165, 1.54) is 0 Å². The van der Waals surface area contributed by atoms with Gasteiger partial charge in [0.25, 0.3) is 5.91 Å². The molecule has 7 heteroatoms. The molecule has 25 heavy (non-hydrogen) atoms. The number of carbonyl (C=O) groups excluding carboxylic acids is 1. The van der Waals surface area contributed by atoms with Crippen molar-refractivity contribution >= 4 is 52.1 Å². The predicted molar refractivity (Wildman–Crippen MR) is 106 cm³/mol. The normalized spacial score (nSPS) is 16.9. The smallest absolute Gasteiger partial charge is 0.255 e. The summed E-state index contributed by atoms with van der Waals surface area (Å²) in [6.45, 7) is 1.82. The molecule has 0 aliphatic carbocycles. The van der Waals surface area contributed by atoms with Crippen LogP contribution in [0.3, 0.4) is 0 Å². The van der Waals surface area contributed by atoms with Crippen LogP contribution in [0, 0.1) is 0 Å². The zero-order valence-corrected chi connectivity index (χ0v) is 15.6. The van der Waals surface area contributed by atoms with Crippen LogP contribution in [0.15, 0.2) is 59.8 Å². The molecule has 0 aromatic heterocycles. The molecule has 4 nitrogen and oxygen atoms in total. The van der Waals surface area contributed by atoms with Gasteiger partial charge in [-0.2, -0.15) is 0 Å². The van der Waals surface area contributed by atoms with Crippen molar-refractivity contribution in [1.29, 1.82) is 0 Å². The molecular weight excluding hydrogens is 377 g/mol. The van der Waals surface area contributed by atoms with Crippen molar-refractivity contribution in [2.24, 2.45) is 0 Å². The standard InChI is InChI=1S/C18H15Cl2N3OS/c1-10-15(17(24)22-14-5-3-2-4-13(14)20)16(23-18(25)21-10)11-6-8-12(19)9-7-11/h2-9,16H,1H3,(H,22,24)(H2,21,23,25)/t16-/m1/s1. The largest absolute Gasteiger partial charge is 0.351 e. The van der Waals surface area contributed by atoms with Crippen LogP contribution in [0.1, 0.15) is 18.5 Å². The van der Waals surface area contributed by atoms with E-state index in [2.05, 4.69) is 16.0 Å². The van der Waals surface area contributed by atoms with Crippen molar-refractivity contribution < 1.29 is 4.79 Å². The highest BCUT2D eigenvalue weighted by Gasteiger charge is 2.30. The zero-order valence-electron chi connectivity index (χ0n) is 13.3.